The molecule has 72 valence electrons. The van der Waals surface area contributed by atoms with Crippen LogP contribution in [-0.4, -0.2) is 15.4 Å². The summed E-state index contributed by atoms with van der Waals surface area (Å²) in [5.74, 6) is -0.243. The number of hydrogen-bond acceptors (Lipinski definition) is 5. The van der Waals surface area contributed by atoms with Gasteiger partial charge in [-0.3, -0.25) is 0 Å². The van der Waals surface area contributed by atoms with Crippen molar-refractivity contribution in [3.05, 3.63) is 24.4 Å². The molecule has 4 N–H and O–H groups in total. The highest BCUT2D eigenvalue weighted by Crippen LogP contribution is 2.38. The normalized spacial score (nSPS) is 10.3. The van der Waals surface area contributed by atoms with E-state index >= 15 is 0 Å². The van der Waals surface area contributed by atoms with Crippen LogP contribution in [-0.2, 0) is 0 Å². The number of nitrogens with two attached hydrogens (primary N) is 1. The molecule has 5 nitrogen and oxygen atoms in total. The molecule has 0 radical (unpaired) electrons. The largest absolute Gasteiger partial charge is 0.504 e. The molecule has 1 aromatic heterocycles. The molecule has 0 aliphatic heterocycles. The summed E-state index contributed by atoms with van der Waals surface area (Å²) in [5, 5.41) is 22.2. The van der Waals surface area contributed by atoms with Crippen LogP contribution in [0.5, 0.6) is 11.5 Å². The molecular formula is C9H8N2O3. The van der Waals surface area contributed by atoms with E-state index in [1.807, 2.05) is 0 Å². The fraction of sp³-hybridized carbons (Fsp3) is 0. The maximum Gasteiger partial charge on any atom is 0.193 e. The lowest BCUT2D eigenvalue weighted by Gasteiger charge is -2.02. The smallest absolute Gasteiger partial charge is 0.193 e. The van der Waals surface area contributed by atoms with E-state index in [2.05, 4.69) is 5.16 Å². The predicted molar refractivity (Wildman–Crippen MR) is 49.7 cm³/mol. The van der Waals surface area contributed by atoms with E-state index in [9.17, 15) is 10.2 Å². The Kier molecular flexibility index (Phi) is 1.78. The highest BCUT2D eigenvalue weighted by Gasteiger charge is 2.14. The summed E-state index contributed by atoms with van der Waals surface area (Å²) < 4.78 is 4.84. The fourth-order valence-corrected chi connectivity index (χ4v) is 1.17. The van der Waals surface area contributed by atoms with E-state index < -0.39 is 0 Å². The Labute approximate surface area is 79.4 Å². The van der Waals surface area contributed by atoms with Crippen molar-refractivity contribution in [3.8, 4) is 22.8 Å². The maximum atomic E-state index is 9.50. The van der Waals surface area contributed by atoms with Crippen LogP contribution < -0.4 is 5.73 Å². The molecule has 0 spiro atoms. The van der Waals surface area contributed by atoms with Gasteiger partial charge in [-0.15, -0.1) is 0 Å². The van der Waals surface area contributed by atoms with Crippen LogP contribution in [0.2, 0.25) is 0 Å². The average Bonchev–Trinajstić information content (AvgIpc) is 2.57. The lowest BCUT2D eigenvalue weighted by Crippen LogP contribution is -1.85. The van der Waals surface area contributed by atoms with Crippen LogP contribution in [0.15, 0.2) is 28.9 Å². The number of aromatic hydroxyl groups is 2. The number of benzene rings is 1. The molecular weight excluding hydrogens is 184 g/mol. The number of phenols is 2. The van der Waals surface area contributed by atoms with Gasteiger partial charge >= 0.3 is 0 Å². The van der Waals surface area contributed by atoms with Crippen LogP contribution in [0.3, 0.4) is 0 Å². The number of hydrogen-bond donors (Lipinski definition) is 3. The molecule has 0 aliphatic carbocycles. The molecule has 0 saturated heterocycles. The third-order valence-corrected chi connectivity index (χ3v) is 1.86. The number of rotatable bonds is 1. The number of para-hydroxylation sites is 1. The van der Waals surface area contributed by atoms with Crippen LogP contribution in [0.25, 0.3) is 11.3 Å². The molecule has 0 saturated carbocycles. The van der Waals surface area contributed by atoms with Crippen molar-refractivity contribution >= 4 is 5.69 Å². The number of nitrogen functional groups attached to an aromatic ring is 1. The van der Waals surface area contributed by atoms with E-state index in [4.69, 9.17) is 10.3 Å². The topological polar surface area (TPSA) is 92.5 Å². The second-order valence-corrected chi connectivity index (χ2v) is 2.78. The Morgan fingerprint density at radius 1 is 1.29 bits per heavy atom. The van der Waals surface area contributed by atoms with Crippen molar-refractivity contribution in [2.75, 3.05) is 5.73 Å². The van der Waals surface area contributed by atoms with Gasteiger partial charge in [0.1, 0.15) is 5.69 Å². The minimum absolute atomic E-state index is 0.224. The zero-order valence-corrected chi connectivity index (χ0v) is 7.14. The van der Waals surface area contributed by atoms with Crippen molar-refractivity contribution in [3.63, 3.8) is 0 Å². The Hall–Kier alpha value is -2.17. The summed E-state index contributed by atoms with van der Waals surface area (Å²) in [7, 11) is 0. The molecule has 0 bridgehead atoms. The molecule has 5 heteroatoms. The average molecular weight is 192 g/mol. The first-order valence-electron chi connectivity index (χ1n) is 3.91. The summed E-state index contributed by atoms with van der Waals surface area (Å²) in [6.45, 7) is 0. The van der Waals surface area contributed by atoms with E-state index in [0.29, 0.717) is 11.3 Å². The summed E-state index contributed by atoms with van der Waals surface area (Å²) in [6.07, 6.45) is 1.33. The van der Waals surface area contributed by atoms with Gasteiger partial charge in [0.15, 0.2) is 17.3 Å². The zero-order valence-electron chi connectivity index (χ0n) is 7.14. The number of anilines is 1. The van der Waals surface area contributed by atoms with Crippen molar-refractivity contribution in [1.82, 2.24) is 5.16 Å². The molecule has 0 aliphatic rings. The molecule has 1 aromatic carbocycles. The Balaban J connectivity index is 2.63. The van der Waals surface area contributed by atoms with Crippen LogP contribution >= 0.6 is 0 Å². The molecule has 1 heterocycles. The van der Waals surface area contributed by atoms with Gasteiger partial charge in [-0.05, 0) is 12.1 Å². The first kappa shape index (κ1) is 8.43. The molecule has 2 aromatic rings. The van der Waals surface area contributed by atoms with Gasteiger partial charge in [0.25, 0.3) is 0 Å². The van der Waals surface area contributed by atoms with E-state index in [0.717, 1.165) is 0 Å². The molecule has 0 atom stereocenters. The van der Waals surface area contributed by atoms with Crippen LogP contribution in [0.1, 0.15) is 0 Å². The van der Waals surface area contributed by atoms with Gasteiger partial charge in [-0.1, -0.05) is 11.2 Å². The summed E-state index contributed by atoms with van der Waals surface area (Å²) >= 11 is 0. The Morgan fingerprint density at radius 2 is 2.07 bits per heavy atom. The van der Waals surface area contributed by atoms with E-state index in [-0.39, 0.29) is 17.3 Å². The highest BCUT2D eigenvalue weighted by molar-refractivity contribution is 5.76. The quantitative estimate of drug-likeness (QED) is 0.593. The van der Waals surface area contributed by atoms with Gasteiger partial charge in [0.2, 0.25) is 0 Å². The van der Waals surface area contributed by atoms with Crippen molar-refractivity contribution in [2.45, 2.75) is 0 Å². The Bertz CT molecular complexity index is 465. The molecule has 0 amide bonds. The summed E-state index contributed by atoms with van der Waals surface area (Å²) in [5.41, 5.74) is 6.17. The van der Waals surface area contributed by atoms with Crippen molar-refractivity contribution in [2.24, 2.45) is 0 Å². The van der Waals surface area contributed by atoms with E-state index in [1.54, 1.807) is 12.1 Å². The van der Waals surface area contributed by atoms with Gasteiger partial charge in [-0.2, -0.15) is 0 Å². The second-order valence-electron chi connectivity index (χ2n) is 2.78. The van der Waals surface area contributed by atoms with Crippen molar-refractivity contribution < 1.29 is 14.7 Å². The fourth-order valence-electron chi connectivity index (χ4n) is 1.17. The first-order chi connectivity index (χ1) is 6.70. The van der Waals surface area contributed by atoms with Gasteiger partial charge in [-0.25, -0.2) is 0 Å². The van der Waals surface area contributed by atoms with Crippen LogP contribution in [0.4, 0.5) is 5.69 Å². The number of phenolic OH excluding ortho intramolecular Hbond substituents is 2. The molecule has 14 heavy (non-hydrogen) atoms. The van der Waals surface area contributed by atoms with Gasteiger partial charge in [0.05, 0.1) is 11.8 Å². The number of aromatic nitrogens is 1. The third kappa shape index (κ3) is 1.15. The standard InChI is InChI=1S/C9H8N2O3/c10-6-4-11-14-9(6)5-2-1-3-7(12)8(5)13/h1-4,12-13H,10H2. The molecule has 0 fully saturated rings. The Morgan fingerprint density at radius 3 is 2.71 bits per heavy atom. The second kappa shape index (κ2) is 2.95. The summed E-state index contributed by atoms with van der Waals surface area (Å²) in [6, 6.07) is 4.52. The minimum Gasteiger partial charge on any atom is -0.504 e. The third-order valence-electron chi connectivity index (χ3n) is 1.86. The molecule has 2 rings (SSSR count). The lowest BCUT2D eigenvalue weighted by atomic mass is 10.1. The first-order valence-corrected chi connectivity index (χ1v) is 3.91. The number of nitrogens with zero attached hydrogens (tertiary/aromatic N) is 1. The predicted octanol–water partition coefficient (Wildman–Crippen LogP) is 1.33. The summed E-state index contributed by atoms with van der Waals surface area (Å²) in [4.78, 5) is 0. The van der Waals surface area contributed by atoms with Crippen LogP contribution in [0, 0.1) is 0 Å². The van der Waals surface area contributed by atoms with Gasteiger partial charge in [0, 0.05) is 0 Å². The highest BCUT2D eigenvalue weighted by atomic mass is 16.5. The maximum absolute atomic E-state index is 9.50. The minimum atomic E-state index is -0.268. The zero-order chi connectivity index (χ0) is 10.1. The van der Waals surface area contributed by atoms with Crippen molar-refractivity contribution in [1.29, 1.82) is 0 Å². The van der Waals surface area contributed by atoms with Gasteiger partial charge < -0.3 is 20.5 Å². The lowest BCUT2D eigenvalue weighted by molar-refractivity contribution is 0.398. The SMILES string of the molecule is Nc1cnoc1-c1cccc(O)c1O. The van der Waals surface area contributed by atoms with E-state index in [1.165, 1.54) is 12.3 Å². The molecule has 0 unspecified atom stereocenters. The monoisotopic (exact) mass is 192 g/mol.